The van der Waals surface area contributed by atoms with Crippen molar-refractivity contribution >= 4 is 45.9 Å². The zero-order valence-electron chi connectivity index (χ0n) is 20.3. The Balaban J connectivity index is 1.24. The molecule has 0 atom stereocenters. The Morgan fingerprint density at radius 1 is 1.17 bits per heavy atom. The number of nitrogens with two attached hydrogens (primary N) is 1. The fraction of sp³-hybridized carbons (Fsp3) is 0.625. The predicted octanol–water partition coefficient (Wildman–Crippen LogP) is 3.56. The summed E-state index contributed by atoms with van der Waals surface area (Å²) in [5, 5.41) is 12.5. The SMILES string of the molecule is COC(=O)c1c(NC(=O)CSc2nnc(CC34CC5CC(CC(C5)C3)C4)n2C)sc(C(N)=O)c1C. The smallest absolute Gasteiger partial charge is 0.341 e. The van der Waals surface area contributed by atoms with E-state index < -0.39 is 11.9 Å². The van der Waals surface area contributed by atoms with Crippen LogP contribution in [0.1, 0.15) is 69.9 Å². The predicted molar refractivity (Wildman–Crippen MR) is 134 cm³/mol. The number of methoxy groups -OCH3 is 1. The zero-order valence-corrected chi connectivity index (χ0v) is 21.9. The standard InChI is InChI=1S/C24H31N5O4S2/c1-12-18(22(32)33-3)21(35-19(12)20(25)31)26-17(30)11-34-23-28-27-16(29(23)2)10-24-7-13-4-14(8-24)6-15(5-13)9-24/h13-15H,4-11H2,1-3H3,(H2,25,31)(H,26,30). The molecule has 0 saturated heterocycles. The minimum atomic E-state index is -0.654. The van der Waals surface area contributed by atoms with Gasteiger partial charge in [0.05, 0.1) is 23.3 Å². The van der Waals surface area contributed by atoms with Crippen molar-refractivity contribution in [3.8, 4) is 0 Å². The molecule has 0 aromatic carbocycles. The lowest BCUT2D eigenvalue weighted by Crippen LogP contribution is -2.47. The summed E-state index contributed by atoms with van der Waals surface area (Å²) in [6, 6.07) is 0. The monoisotopic (exact) mass is 517 g/mol. The van der Waals surface area contributed by atoms with Crippen LogP contribution in [0.2, 0.25) is 0 Å². The van der Waals surface area contributed by atoms with Crippen LogP contribution in [0.15, 0.2) is 5.16 Å². The summed E-state index contributed by atoms with van der Waals surface area (Å²) in [6.07, 6.45) is 9.13. The minimum Gasteiger partial charge on any atom is -0.465 e. The number of nitrogens with zero attached hydrogens (tertiary/aromatic N) is 3. The topological polar surface area (TPSA) is 129 Å². The lowest BCUT2D eigenvalue weighted by atomic mass is 9.49. The van der Waals surface area contributed by atoms with Crippen LogP contribution < -0.4 is 11.1 Å². The Labute approximate surface area is 212 Å². The van der Waals surface area contributed by atoms with E-state index in [4.69, 9.17) is 10.5 Å². The van der Waals surface area contributed by atoms with Crippen molar-refractivity contribution in [1.29, 1.82) is 0 Å². The van der Waals surface area contributed by atoms with Crippen LogP contribution in [0.25, 0.3) is 0 Å². The molecule has 0 spiro atoms. The van der Waals surface area contributed by atoms with Gasteiger partial charge < -0.3 is 20.4 Å². The summed E-state index contributed by atoms with van der Waals surface area (Å²) < 4.78 is 6.83. The molecule has 6 rings (SSSR count). The van der Waals surface area contributed by atoms with E-state index in [9.17, 15) is 14.4 Å². The van der Waals surface area contributed by atoms with E-state index in [0.717, 1.165) is 41.3 Å². The average Bonchev–Trinajstić information content (AvgIpc) is 3.29. The van der Waals surface area contributed by atoms with Gasteiger partial charge in [0.1, 0.15) is 10.8 Å². The molecule has 0 radical (unpaired) electrons. The molecule has 4 aliphatic carbocycles. The third-order valence-corrected chi connectivity index (χ3v) is 10.2. The number of ether oxygens (including phenoxy) is 1. The molecule has 3 N–H and O–H groups in total. The molecular weight excluding hydrogens is 486 g/mol. The lowest BCUT2D eigenvalue weighted by molar-refractivity contribution is -0.113. The number of thioether (sulfide) groups is 1. The maximum absolute atomic E-state index is 12.7. The number of carbonyl (C=O) groups is 3. The number of aromatic nitrogens is 3. The van der Waals surface area contributed by atoms with Gasteiger partial charge in [0.15, 0.2) is 5.16 Å². The summed E-state index contributed by atoms with van der Waals surface area (Å²) in [4.78, 5) is 36.8. The Bertz CT molecular complexity index is 1150. The highest BCUT2D eigenvalue weighted by atomic mass is 32.2. The van der Waals surface area contributed by atoms with Gasteiger partial charge in [-0.15, -0.1) is 21.5 Å². The number of carbonyl (C=O) groups excluding carboxylic acids is 3. The molecule has 2 aromatic rings. The van der Waals surface area contributed by atoms with Gasteiger partial charge in [-0.05, 0) is 74.2 Å². The second-order valence-corrected chi connectivity index (χ2v) is 12.5. The third kappa shape index (κ3) is 4.60. The van der Waals surface area contributed by atoms with E-state index in [1.54, 1.807) is 6.92 Å². The number of anilines is 1. The summed E-state index contributed by atoms with van der Waals surface area (Å²) >= 11 is 2.28. The third-order valence-electron chi connectivity index (χ3n) is 7.97. The van der Waals surface area contributed by atoms with Crippen molar-refractivity contribution in [2.75, 3.05) is 18.2 Å². The summed E-state index contributed by atoms with van der Waals surface area (Å²) in [7, 11) is 3.22. The maximum Gasteiger partial charge on any atom is 0.341 e. The van der Waals surface area contributed by atoms with E-state index in [0.29, 0.717) is 16.1 Å². The molecule has 9 nitrogen and oxygen atoms in total. The molecular formula is C24H31N5O4S2. The summed E-state index contributed by atoms with van der Waals surface area (Å²) in [6.45, 7) is 1.61. The molecule has 4 aliphatic rings. The Morgan fingerprint density at radius 2 is 1.80 bits per heavy atom. The van der Waals surface area contributed by atoms with Crippen LogP contribution in [0.4, 0.5) is 5.00 Å². The summed E-state index contributed by atoms with van der Waals surface area (Å²) in [5.41, 5.74) is 6.34. The van der Waals surface area contributed by atoms with E-state index in [1.165, 1.54) is 57.4 Å². The number of esters is 1. The second kappa shape index (κ2) is 9.24. The molecule has 4 saturated carbocycles. The van der Waals surface area contributed by atoms with Gasteiger partial charge in [-0.3, -0.25) is 9.59 Å². The van der Waals surface area contributed by atoms with Crippen LogP contribution in [0.5, 0.6) is 0 Å². The molecule has 188 valence electrons. The van der Waals surface area contributed by atoms with Crippen LogP contribution in [-0.2, 0) is 23.0 Å². The van der Waals surface area contributed by atoms with E-state index in [-0.39, 0.29) is 27.1 Å². The Kier molecular flexibility index (Phi) is 6.41. The van der Waals surface area contributed by atoms with Gasteiger partial charge in [0.2, 0.25) is 5.91 Å². The van der Waals surface area contributed by atoms with E-state index >= 15 is 0 Å². The fourth-order valence-corrected chi connectivity index (χ4v) is 8.74. The van der Waals surface area contributed by atoms with Gasteiger partial charge >= 0.3 is 5.97 Å². The van der Waals surface area contributed by atoms with Crippen LogP contribution >= 0.6 is 23.1 Å². The number of rotatable bonds is 8. The van der Waals surface area contributed by atoms with Crippen molar-refractivity contribution < 1.29 is 19.1 Å². The molecule has 35 heavy (non-hydrogen) atoms. The molecule has 2 aromatic heterocycles. The number of thiophene rings is 1. The van der Waals surface area contributed by atoms with Crippen LogP contribution in [-0.4, -0.2) is 45.4 Å². The Morgan fingerprint density at radius 3 is 2.37 bits per heavy atom. The lowest BCUT2D eigenvalue weighted by Gasteiger charge is -2.56. The highest BCUT2D eigenvalue weighted by Crippen LogP contribution is 2.61. The van der Waals surface area contributed by atoms with Crippen molar-refractivity contribution in [2.24, 2.45) is 36.0 Å². The number of hydrogen-bond acceptors (Lipinski definition) is 8. The van der Waals surface area contributed by atoms with Gasteiger partial charge in [-0.1, -0.05) is 11.8 Å². The molecule has 0 aliphatic heterocycles. The first-order valence-corrected chi connectivity index (χ1v) is 13.8. The van der Waals surface area contributed by atoms with Crippen molar-refractivity contribution in [3.63, 3.8) is 0 Å². The molecule has 4 bridgehead atoms. The molecule has 2 heterocycles. The number of hydrogen-bond donors (Lipinski definition) is 2. The van der Waals surface area contributed by atoms with E-state index in [2.05, 4.69) is 15.5 Å². The largest absolute Gasteiger partial charge is 0.465 e. The van der Waals surface area contributed by atoms with Crippen molar-refractivity contribution in [3.05, 3.63) is 21.8 Å². The molecule has 11 heteroatoms. The van der Waals surface area contributed by atoms with Gasteiger partial charge in [-0.2, -0.15) is 0 Å². The summed E-state index contributed by atoms with van der Waals surface area (Å²) in [5.74, 6) is 2.14. The number of amides is 2. The van der Waals surface area contributed by atoms with Crippen molar-refractivity contribution in [1.82, 2.24) is 14.8 Å². The van der Waals surface area contributed by atoms with Gasteiger partial charge in [0.25, 0.3) is 5.91 Å². The molecule has 0 unspecified atom stereocenters. The zero-order chi connectivity index (χ0) is 24.9. The Hall–Kier alpha value is -2.40. The first-order valence-electron chi connectivity index (χ1n) is 12.0. The van der Waals surface area contributed by atoms with Crippen molar-refractivity contribution in [2.45, 2.75) is 57.0 Å². The highest BCUT2D eigenvalue weighted by Gasteiger charge is 2.51. The second-order valence-electron chi connectivity index (χ2n) is 10.5. The molecule has 2 amide bonds. The first-order chi connectivity index (χ1) is 16.7. The van der Waals surface area contributed by atoms with Gasteiger partial charge in [0, 0.05) is 13.5 Å². The minimum absolute atomic E-state index is 0.0901. The first kappa shape index (κ1) is 24.3. The normalized spacial score (nSPS) is 26.7. The number of primary amides is 1. The van der Waals surface area contributed by atoms with Crippen LogP contribution in [0.3, 0.4) is 0 Å². The van der Waals surface area contributed by atoms with Gasteiger partial charge in [-0.25, -0.2) is 4.79 Å². The molecule has 4 fully saturated rings. The maximum atomic E-state index is 12.7. The fourth-order valence-electron chi connectivity index (χ4n) is 6.94. The number of nitrogens with one attached hydrogen (secondary N) is 1. The van der Waals surface area contributed by atoms with Crippen LogP contribution in [0, 0.1) is 30.1 Å². The quantitative estimate of drug-likeness (QED) is 0.404. The highest BCUT2D eigenvalue weighted by molar-refractivity contribution is 7.99. The van der Waals surface area contributed by atoms with E-state index in [1.807, 2.05) is 11.6 Å². The average molecular weight is 518 g/mol.